The summed E-state index contributed by atoms with van der Waals surface area (Å²) in [4.78, 5) is 28.0. The average Bonchev–Trinajstić information content (AvgIpc) is 3.41. The van der Waals surface area contributed by atoms with Crippen molar-refractivity contribution in [1.82, 2.24) is 4.90 Å². The van der Waals surface area contributed by atoms with Gasteiger partial charge in [0, 0.05) is 29.5 Å². The molecule has 5 rings (SSSR count). The van der Waals surface area contributed by atoms with Crippen LogP contribution in [0.2, 0.25) is 0 Å². The van der Waals surface area contributed by atoms with Gasteiger partial charge >= 0.3 is 0 Å². The summed E-state index contributed by atoms with van der Waals surface area (Å²) in [6.07, 6.45) is 1.62. The van der Waals surface area contributed by atoms with E-state index in [2.05, 4.69) is 5.32 Å². The Morgan fingerprint density at radius 3 is 2.76 bits per heavy atom. The molecule has 0 spiro atoms. The van der Waals surface area contributed by atoms with Crippen molar-refractivity contribution >= 4 is 50.8 Å². The molecule has 1 aliphatic rings. The lowest BCUT2D eigenvalue weighted by atomic mass is 9.96. The van der Waals surface area contributed by atoms with Crippen molar-refractivity contribution in [3.63, 3.8) is 0 Å². The van der Waals surface area contributed by atoms with E-state index in [1.807, 2.05) is 60.0 Å². The summed E-state index contributed by atoms with van der Waals surface area (Å²) in [5, 5.41) is 6.95. The number of thiophene rings is 1. The Morgan fingerprint density at radius 1 is 1.03 bits per heavy atom. The molecule has 1 aliphatic heterocycles. The van der Waals surface area contributed by atoms with E-state index in [0.29, 0.717) is 13.1 Å². The standard InChI is InChI=1S/C23H20N2O3S/c26-22(15-5-3-11-25(14-15)23(27)21-8-4-12-29-21)24-16-9-10-20-18(13-16)17-6-1-2-7-19(17)28-20/h1-2,4,6-10,12-13,15H,3,5,11,14H2,(H,24,26)/t15-/m1/s1. The number of hydrogen-bond donors (Lipinski definition) is 1. The molecule has 1 N–H and O–H groups in total. The van der Waals surface area contributed by atoms with Gasteiger partial charge in [0.15, 0.2) is 0 Å². The maximum Gasteiger partial charge on any atom is 0.263 e. The van der Waals surface area contributed by atoms with Gasteiger partial charge in [0.05, 0.1) is 10.8 Å². The van der Waals surface area contributed by atoms with Gasteiger partial charge in [-0.05, 0) is 48.6 Å². The second kappa shape index (κ2) is 7.37. The fourth-order valence-corrected chi connectivity index (χ4v) is 4.67. The fourth-order valence-electron chi connectivity index (χ4n) is 3.98. The van der Waals surface area contributed by atoms with Gasteiger partial charge in [-0.1, -0.05) is 24.3 Å². The number of furan rings is 1. The van der Waals surface area contributed by atoms with E-state index in [0.717, 1.165) is 45.3 Å². The summed E-state index contributed by atoms with van der Waals surface area (Å²) in [6.45, 7) is 1.16. The molecule has 0 aliphatic carbocycles. The molecule has 29 heavy (non-hydrogen) atoms. The molecule has 1 saturated heterocycles. The Hall–Kier alpha value is -3.12. The van der Waals surface area contributed by atoms with Crippen LogP contribution in [0.4, 0.5) is 5.69 Å². The number of nitrogens with zero attached hydrogens (tertiary/aromatic N) is 1. The number of fused-ring (bicyclic) bond motifs is 3. The number of likely N-dealkylation sites (tertiary alicyclic amines) is 1. The lowest BCUT2D eigenvalue weighted by Crippen LogP contribution is -2.43. The van der Waals surface area contributed by atoms with Crippen LogP contribution in [0, 0.1) is 5.92 Å². The SMILES string of the molecule is O=C(Nc1ccc2oc3ccccc3c2c1)[C@@H]1CCCN(C(=O)c2cccs2)C1. The average molecular weight is 404 g/mol. The summed E-state index contributed by atoms with van der Waals surface area (Å²) in [5.41, 5.74) is 2.38. The number of anilines is 1. The van der Waals surface area contributed by atoms with Crippen molar-refractivity contribution in [1.29, 1.82) is 0 Å². The third kappa shape index (κ3) is 3.40. The van der Waals surface area contributed by atoms with E-state index < -0.39 is 0 Å². The first-order chi connectivity index (χ1) is 14.2. The maximum atomic E-state index is 12.9. The third-order valence-electron chi connectivity index (χ3n) is 5.46. The molecule has 4 aromatic rings. The predicted octanol–water partition coefficient (Wildman–Crippen LogP) is 5.14. The molecule has 146 valence electrons. The maximum absolute atomic E-state index is 12.9. The van der Waals surface area contributed by atoms with Crippen LogP contribution in [0.3, 0.4) is 0 Å². The number of piperidine rings is 1. The number of nitrogens with one attached hydrogen (secondary N) is 1. The Bertz CT molecular complexity index is 1200. The van der Waals surface area contributed by atoms with E-state index in [4.69, 9.17) is 4.42 Å². The molecular weight excluding hydrogens is 384 g/mol. The summed E-state index contributed by atoms with van der Waals surface area (Å²) in [6, 6.07) is 17.3. The first-order valence-electron chi connectivity index (χ1n) is 9.74. The summed E-state index contributed by atoms with van der Waals surface area (Å²) < 4.78 is 5.85. The summed E-state index contributed by atoms with van der Waals surface area (Å²) in [7, 11) is 0. The van der Waals surface area contributed by atoms with Gasteiger partial charge in [-0.2, -0.15) is 0 Å². The minimum atomic E-state index is -0.204. The molecule has 1 atom stereocenters. The van der Waals surface area contributed by atoms with Crippen molar-refractivity contribution in [2.75, 3.05) is 18.4 Å². The zero-order valence-corrected chi connectivity index (χ0v) is 16.6. The van der Waals surface area contributed by atoms with Crippen LogP contribution in [0.5, 0.6) is 0 Å². The highest BCUT2D eigenvalue weighted by Gasteiger charge is 2.29. The fraction of sp³-hybridized carbons (Fsp3) is 0.217. The largest absolute Gasteiger partial charge is 0.456 e. The van der Waals surface area contributed by atoms with E-state index in [-0.39, 0.29) is 17.7 Å². The van der Waals surface area contributed by atoms with Crippen LogP contribution >= 0.6 is 11.3 Å². The molecule has 6 heteroatoms. The normalized spacial score (nSPS) is 17.0. The molecule has 0 saturated carbocycles. The highest BCUT2D eigenvalue weighted by molar-refractivity contribution is 7.12. The number of para-hydroxylation sites is 1. The van der Waals surface area contributed by atoms with E-state index >= 15 is 0 Å². The molecule has 3 heterocycles. The lowest BCUT2D eigenvalue weighted by molar-refractivity contribution is -0.121. The van der Waals surface area contributed by atoms with Crippen molar-refractivity contribution in [3.8, 4) is 0 Å². The number of carbonyl (C=O) groups is 2. The number of carbonyl (C=O) groups excluding carboxylic acids is 2. The van der Waals surface area contributed by atoms with Crippen LogP contribution in [0.15, 0.2) is 64.4 Å². The monoisotopic (exact) mass is 404 g/mol. The zero-order valence-electron chi connectivity index (χ0n) is 15.8. The van der Waals surface area contributed by atoms with Gasteiger partial charge < -0.3 is 14.6 Å². The Kier molecular flexibility index (Phi) is 4.56. The van der Waals surface area contributed by atoms with Crippen LogP contribution < -0.4 is 5.32 Å². The van der Waals surface area contributed by atoms with Gasteiger partial charge in [-0.3, -0.25) is 9.59 Å². The zero-order chi connectivity index (χ0) is 19.8. The quantitative estimate of drug-likeness (QED) is 0.514. The van der Waals surface area contributed by atoms with Crippen molar-refractivity contribution in [3.05, 3.63) is 64.9 Å². The van der Waals surface area contributed by atoms with E-state index in [9.17, 15) is 9.59 Å². The van der Waals surface area contributed by atoms with E-state index in [1.54, 1.807) is 4.90 Å². The second-order valence-electron chi connectivity index (χ2n) is 7.37. The number of rotatable bonds is 3. The molecule has 2 aromatic carbocycles. The predicted molar refractivity (Wildman–Crippen MR) is 115 cm³/mol. The van der Waals surface area contributed by atoms with Gasteiger partial charge in [-0.25, -0.2) is 0 Å². The summed E-state index contributed by atoms with van der Waals surface area (Å²) in [5.74, 6) is -0.228. The molecular formula is C23H20N2O3S. The van der Waals surface area contributed by atoms with Gasteiger partial charge in [0.25, 0.3) is 5.91 Å². The molecule has 0 bridgehead atoms. The van der Waals surface area contributed by atoms with Crippen LogP contribution in [0.25, 0.3) is 21.9 Å². The lowest BCUT2D eigenvalue weighted by Gasteiger charge is -2.31. The minimum Gasteiger partial charge on any atom is -0.456 e. The van der Waals surface area contributed by atoms with Crippen LogP contribution in [-0.2, 0) is 4.79 Å². The van der Waals surface area contributed by atoms with E-state index in [1.165, 1.54) is 11.3 Å². The third-order valence-corrected chi connectivity index (χ3v) is 6.31. The van der Waals surface area contributed by atoms with Crippen molar-refractivity contribution in [2.24, 2.45) is 5.92 Å². The summed E-state index contributed by atoms with van der Waals surface area (Å²) >= 11 is 1.44. The van der Waals surface area contributed by atoms with Crippen molar-refractivity contribution < 1.29 is 14.0 Å². The Labute approximate surface area is 171 Å². The van der Waals surface area contributed by atoms with Crippen LogP contribution in [0.1, 0.15) is 22.5 Å². The molecule has 0 unspecified atom stereocenters. The van der Waals surface area contributed by atoms with Gasteiger partial charge in [0.1, 0.15) is 11.2 Å². The molecule has 2 aromatic heterocycles. The minimum absolute atomic E-state index is 0.0174. The topological polar surface area (TPSA) is 62.6 Å². The highest BCUT2D eigenvalue weighted by Crippen LogP contribution is 2.31. The van der Waals surface area contributed by atoms with Crippen LogP contribution in [-0.4, -0.2) is 29.8 Å². The Morgan fingerprint density at radius 2 is 1.90 bits per heavy atom. The molecule has 2 amide bonds. The van der Waals surface area contributed by atoms with Gasteiger partial charge in [-0.15, -0.1) is 11.3 Å². The first-order valence-corrected chi connectivity index (χ1v) is 10.6. The number of benzene rings is 2. The number of hydrogen-bond acceptors (Lipinski definition) is 4. The molecule has 5 nitrogen and oxygen atoms in total. The van der Waals surface area contributed by atoms with Crippen molar-refractivity contribution in [2.45, 2.75) is 12.8 Å². The highest BCUT2D eigenvalue weighted by atomic mass is 32.1. The Balaban J connectivity index is 1.33. The smallest absolute Gasteiger partial charge is 0.263 e. The first kappa shape index (κ1) is 17.9. The second-order valence-corrected chi connectivity index (χ2v) is 8.31. The molecule has 1 fully saturated rings. The molecule has 0 radical (unpaired) electrons. The van der Waals surface area contributed by atoms with Gasteiger partial charge in [0.2, 0.25) is 5.91 Å². The number of amides is 2.